The van der Waals surface area contributed by atoms with E-state index in [9.17, 15) is 18.8 Å². The number of benzene rings is 1. The number of aromatic nitrogens is 1. The summed E-state index contributed by atoms with van der Waals surface area (Å²) in [6.45, 7) is 3.32. The molecule has 0 radical (unpaired) electrons. The van der Waals surface area contributed by atoms with Crippen molar-refractivity contribution in [3.05, 3.63) is 52.1 Å². The number of hydrogen-bond acceptors (Lipinski definition) is 4. The lowest BCUT2D eigenvalue weighted by molar-refractivity contribution is -0.121. The number of H-pyrrole nitrogens is 1. The van der Waals surface area contributed by atoms with Crippen molar-refractivity contribution in [1.29, 1.82) is 0 Å². The van der Waals surface area contributed by atoms with Gasteiger partial charge in [0.15, 0.2) is 5.78 Å². The molecular formula is C21H22FN3O4. The first-order chi connectivity index (χ1) is 13.8. The third kappa shape index (κ3) is 4.27. The predicted molar refractivity (Wildman–Crippen MR) is 107 cm³/mol. The highest BCUT2D eigenvalue weighted by Gasteiger charge is 2.26. The van der Waals surface area contributed by atoms with E-state index in [4.69, 9.17) is 5.11 Å². The van der Waals surface area contributed by atoms with E-state index in [0.29, 0.717) is 52.3 Å². The van der Waals surface area contributed by atoms with Crippen LogP contribution in [0.15, 0.2) is 18.2 Å². The van der Waals surface area contributed by atoms with Crippen molar-refractivity contribution in [2.75, 3.05) is 18.5 Å². The van der Waals surface area contributed by atoms with Gasteiger partial charge in [-0.15, -0.1) is 0 Å². The molecular weight excluding hydrogens is 377 g/mol. The molecule has 0 bridgehead atoms. The summed E-state index contributed by atoms with van der Waals surface area (Å²) < 4.78 is 13.6. The first-order valence-electron chi connectivity index (χ1n) is 9.24. The number of anilines is 1. The first-order valence-corrected chi connectivity index (χ1v) is 9.24. The Morgan fingerprint density at radius 1 is 1.28 bits per heavy atom. The van der Waals surface area contributed by atoms with Gasteiger partial charge in [0.2, 0.25) is 0 Å². The summed E-state index contributed by atoms with van der Waals surface area (Å²) in [5.74, 6) is -1.34. The second-order valence-corrected chi connectivity index (χ2v) is 6.92. The molecule has 152 valence electrons. The van der Waals surface area contributed by atoms with Gasteiger partial charge in [0, 0.05) is 35.6 Å². The third-order valence-corrected chi connectivity index (χ3v) is 4.85. The van der Waals surface area contributed by atoms with Crippen LogP contribution < -0.4 is 10.6 Å². The van der Waals surface area contributed by atoms with Gasteiger partial charge in [-0.1, -0.05) is 0 Å². The number of amides is 2. The average Bonchev–Trinajstić information content (AvgIpc) is 3.14. The molecule has 2 heterocycles. The summed E-state index contributed by atoms with van der Waals surface area (Å²) in [5.41, 5.74) is 3.68. The second-order valence-electron chi connectivity index (χ2n) is 6.92. The SMILES string of the molecule is Cc1[nH]c(/C=C2\C(=O)Nc3ccc(F)cc32)c(C)c1C(=O)NCCCC(=O)CO. The van der Waals surface area contributed by atoms with Gasteiger partial charge >= 0.3 is 0 Å². The van der Waals surface area contributed by atoms with E-state index in [0.717, 1.165) is 0 Å². The first kappa shape index (κ1) is 20.5. The van der Waals surface area contributed by atoms with E-state index >= 15 is 0 Å². The fourth-order valence-electron chi connectivity index (χ4n) is 3.36. The molecule has 4 N–H and O–H groups in total. The average molecular weight is 399 g/mol. The molecule has 1 aliphatic rings. The van der Waals surface area contributed by atoms with E-state index < -0.39 is 12.4 Å². The highest BCUT2D eigenvalue weighted by molar-refractivity contribution is 6.34. The van der Waals surface area contributed by atoms with Crippen molar-refractivity contribution < 1.29 is 23.9 Å². The number of carbonyl (C=O) groups is 3. The van der Waals surface area contributed by atoms with Gasteiger partial charge in [-0.05, 0) is 50.1 Å². The van der Waals surface area contributed by atoms with Crippen LogP contribution in [0.1, 0.15) is 45.7 Å². The number of fused-ring (bicyclic) bond motifs is 1. The molecule has 0 fully saturated rings. The van der Waals surface area contributed by atoms with Gasteiger partial charge in [-0.3, -0.25) is 14.4 Å². The summed E-state index contributed by atoms with van der Waals surface area (Å²) in [7, 11) is 0. The molecule has 7 nitrogen and oxygen atoms in total. The Labute approximate surface area is 167 Å². The Bertz CT molecular complexity index is 1020. The summed E-state index contributed by atoms with van der Waals surface area (Å²) in [6, 6.07) is 4.09. The minimum absolute atomic E-state index is 0.199. The van der Waals surface area contributed by atoms with Crippen LogP contribution in [0, 0.1) is 19.7 Å². The van der Waals surface area contributed by atoms with Gasteiger partial charge in [0.25, 0.3) is 11.8 Å². The molecule has 0 atom stereocenters. The summed E-state index contributed by atoms with van der Waals surface area (Å²) >= 11 is 0. The molecule has 0 unspecified atom stereocenters. The molecule has 2 amide bonds. The third-order valence-electron chi connectivity index (χ3n) is 4.85. The monoisotopic (exact) mass is 399 g/mol. The zero-order valence-electron chi connectivity index (χ0n) is 16.2. The fraction of sp³-hybridized carbons (Fsp3) is 0.286. The number of carbonyl (C=O) groups excluding carboxylic acids is 3. The van der Waals surface area contributed by atoms with Crippen LogP contribution in [0.3, 0.4) is 0 Å². The van der Waals surface area contributed by atoms with Crippen molar-refractivity contribution in [1.82, 2.24) is 10.3 Å². The van der Waals surface area contributed by atoms with Crippen LogP contribution in [0.5, 0.6) is 0 Å². The Morgan fingerprint density at radius 3 is 2.76 bits per heavy atom. The number of aliphatic hydroxyl groups is 1. The number of aliphatic hydroxyl groups excluding tert-OH is 1. The highest BCUT2D eigenvalue weighted by atomic mass is 19.1. The lowest BCUT2D eigenvalue weighted by Crippen LogP contribution is -2.26. The Balaban J connectivity index is 1.81. The predicted octanol–water partition coefficient (Wildman–Crippen LogP) is 2.33. The Hall–Kier alpha value is -3.26. The van der Waals surface area contributed by atoms with Gasteiger partial charge < -0.3 is 20.7 Å². The van der Waals surface area contributed by atoms with E-state index in [1.807, 2.05) is 0 Å². The summed E-state index contributed by atoms with van der Waals surface area (Å²) in [4.78, 5) is 39.1. The molecule has 2 aromatic rings. The van der Waals surface area contributed by atoms with Crippen molar-refractivity contribution in [2.45, 2.75) is 26.7 Å². The number of hydrogen-bond donors (Lipinski definition) is 4. The largest absolute Gasteiger partial charge is 0.389 e. The summed E-state index contributed by atoms with van der Waals surface area (Å²) in [5, 5.41) is 14.2. The molecule has 29 heavy (non-hydrogen) atoms. The number of Topliss-reactive ketones (excluding diaryl/α,β-unsaturated/α-hetero) is 1. The zero-order chi connectivity index (χ0) is 21.1. The van der Waals surface area contributed by atoms with Crippen LogP contribution >= 0.6 is 0 Å². The number of nitrogens with one attached hydrogen (secondary N) is 3. The number of halogens is 1. The van der Waals surface area contributed by atoms with Gasteiger partial charge in [0.1, 0.15) is 12.4 Å². The van der Waals surface area contributed by atoms with Crippen LogP contribution in [-0.4, -0.2) is 40.8 Å². The van der Waals surface area contributed by atoms with Crippen molar-refractivity contribution in [3.8, 4) is 0 Å². The summed E-state index contributed by atoms with van der Waals surface area (Å²) in [6.07, 6.45) is 2.25. The van der Waals surface area contributed by atoms with Gasteiger partial charge in [-0.25, -0.2) is 4.39 Å². The molecule has 1 aromatic heterocycles. The second kappa shape index (κ2) is 8.40. The highest BCUT2D eigenvalue weighted by Crippen LogP contribution is 2.34. The lowest BCUT2D eigenvalue weighted by atomic mass is 10.0. The van der Waals surface area contributed by atoms with E-state index in [1.54, 1.807) is 19.9 Å². The number of rotatable bonds is 7. The lowest BCUT2D eigenvalue weighted by Gasteiger charge is -2.05. The number of aryl methyl sites for hydroxylation is 1. The van der Waals surface area contributed by atoms with Crippen molar-refractivity contribution in [2.24, 2.45) is 0 Å². The van der Waals surface area contributed by atoms with Gasteiger partial charge in [0.05, 0.1) is 11.1 Å². The quantitative estimate of drug-likeness (QED) is 0.423. The Kier molecular flexibility index (Phi) is 5.93. The minimum atomic E-state index is -0.497. The molecule has 1 aromatic carbocycles. The topological polar surface area (TPSA) is 111 Å². The zero-order valence-corrected chi connectivity index (χ0v) is 16.2. The van der Waals surface area contributed by atoms with Crippen LogP contribution in [0.4, 0.5) is 10.1 Å². The van der Waals surface area contributed by atoms with Crippen molar-refractivity contribution in [3.63, 3.8) is 0 Å². The van der Waals surface area contributed by atoms with Crippen LogP contribution in [0.2, 0.25) is 0 Å². The van der Waals surface area contributed by atoms with Gasteiger partial charge in [-0.2, -0.15) is 0 Å². The number of ketones is 1. The fourth-order valence-corrected chi connectivity index (χ4v) is 3.36. The molecule has 3 rings (SSSR count). The van der Waals surface area contributed by atoms with Crippen molar-refractivity contribution >= 4 is 34.9 Å². The minimum Gasteiger partial charge on any atom is -0.389 e. The van der Waals surface area contributed by atoms with Crippen LogP contribution in [0.25, 0.3) is 11.6 Å². The van der Waals surface area contributed by atoms with E-state index in [1.165, 1.54) is 18.2 Å². The van der Waals surface area contributed by atoms with E-state index in [-0.39, 0.29) is 24.0 Å². The maximum Gasteiger partial charge on any atom is 0.256 e. The Morgan fingerprint density at radius 2 is 2.03 bits per heavy atom. The van der Waals surface area contributed by atoms with Crippen LogP contribution in [-0.2, 0) is 9.59 Å². The molecule has 0 spiro atoms. The smallest absolute Gasteiger partial charge is 0.256 e. The molecule has 0 aliphatic carbocycles. The normalized spacial score (nSPS) is 14.1. The molecule has 0 saturated carbocycles. The maximum atomic E-state index is 13.6. The molecule has 0 saturated heterocycles. The standard InChI is InChI=1S/C21H22FN3O4/c1-11-18(9-16-15-8-13(22)5-6-17(15)25-20(16)28)24-12(2)19(11)21(29)23-7-3-4-14(27)10-26/h5-6,8-9,24,26H,3-4,7,10H2,1-2H3,(H,23,29)(H,25,28)/b16-9-. The van der Waals surface area contributed by atoms with E-state index in [2.05, 4.69) is 15.6 Å². The molecule has 1 aliphatic heterocycles. The molecule has 8 heteroatoms. The maximum absolute atomic E-state index is 13.6. The number of aromatic amines is 1.